The number of para-hydroxylation sites is 2. The average Bonchev–Trinajstić information content (AvgIpc) is 3.06. The van der Waals surface area contributed by atoms with Gasteiger partial charge in [0.15, 0.2) is 0 Å². The Kier molecular flexibility index (Phi) is 11.9. The van der Waals surface area contributed by atoms with Crippen LogP contribution < -0.4 is 20.8 Å². The molecule has 2 N–H and O–H groups in total. The van der Waals surface area contributed by atoms with Crippen LogP contribution in [0.15, 0.2) is 36.4 Å². The van der Waals surface area contributed by atoms with E-state index in [1.54, 1.807) is 50.2 Å². The highest BCUT2D eigenvalue weighted by Crippen LogP contribution is 2.33. The van der Waals surface area contributed by atoms with Crippen LogP contribution in [0.4, 0.5) is 11.4 Å². The molecule has 0 aliphatic carbocycles. The van der Waals surface area contributed by atoms with Gasteiger partial charge >= 0.3 is 11.9 Å². The van der Waals surface area contributed by atoms with Gasteiger partial charge in [0, 0.05) is 12.8 Å². The SMILES string of the molecule is CCN(CC)CC(=O)NC1Cc2cccc(C)c2N(OC(=O)C(=O)ON2C(=O)C(NC(=O)CN(CC)CC)Cc3cccc(C)c32)C1=O. The summed E-state index contributed by atoms with van der Waals surface area (Å²) >= 11 is 0. The monoisotopic (exact) mass is 664 g/mol. The summed E-state index contributed by atoms with van der Waals surface area (Å²) in [7, 11) is 0. The summed E-state index contributed by atoms with van der Waals surface area (Å²) in [6.45, 7) is 13.8. The van der Waals surface area contributed by atoms with Crippen molar-refractivity contribution < 1.29 is 38.4 Å². The molecule has 2 unspecified atom stereocenters. The predicted molar refractivity (Wildman–Crippen MR) is 176 cm³/mol. The highest BCUT2D eigenvalue weighted by atomic mass is 16.8. The number of hydroxylamine groups is 2. The molecular formula is C34H44N6O8. The minimum Gasteiger partial charge on any atom is -0.343 e. The van der Waals surface area contributed by atoms with E-state index in [0.29, 0.717) is 58.6 Å². The third-order valence-corrected chi connectivity index (χ3v) is 8.60. The highest BCUT2D eigenvalue weighted by molar-refractivity contribution is 6.31. The molecule has 0 aromatic heterocycles. The normalized spacial score (nSPS) is 17.2. The number of nitrogens with one attached hydrogen (secondary N) is 2. The van der Waals surface area contributed by atoms with Crippen LogP contribution in [0.25, 0.3) is 0 Å². The van der Waals surface area contributed by atoms with Crippen molar-refractivity contribution in [3.05, 3.63) is 58.7 Å². The molecule has 2 aliphatic rings. The molecule has 48 heavy (non-hydrogen) atoms. The number of hydrogen-bond donors (Lipinski definition) is 2. The molecule has 4 amide bonds. The second-order valence-corrected chi connectivity index (χ2v) is 11.8. The molecule has 2 heterocycles. The number of carbonyl (C=O) groups is 6. The molecule has 0 spiro atoms. The molecule has 258 valence electrons. The summed E-state index contributed by atoms with van der Waals surface area (Å²) in [5.74, 6) is -5.40. The fourth-order valence-electron chi connectivity index (χ4n) is 5.90. The van der Waals surface area contributed by atoms with E-state index >= 15 is 0 Å². The smallest absolute Gasteiger partial charge is 0.343 e. The zero-order chi connectivity index (χ0) is 35.1. The lowest BCUT2D eigenvalue weighted by molar-refractivity contribution is -0.172. The van der Waals surface area contributed by atoms with Crippen molar-refractivity contribution in [2.24, 2.45) is 0 Å². The molecule has 0 radical (unpaired) electrons. The number of carbonyl (C=O) groups excluding carboxylic acids is 6. The van der Waals surface area contributed by atoms with E-state index in [1.807, 2.05) is 37.5 Å². The molecule has 14 nitrogen and oxygen atoms in total. The minimum absolute atomic E-state index is 0.0746. The van der Waals surface area contributed by atoms with E-state index in [2.05, 4.69) is 10.6 Å². The van der Waals surface area contributed by atoms with Gasteiger partial charge < -0.3 is 20.3 Å². The Balaban J connectivity index is 1.54. The number of anilines is 2. The van der Waals surface area contributed by atoms with Crippen molar-refractivity contribution in [2.75, 3.05) is 49.4 Å². The summed E-state index contributed by atoms with van der Waals surface area (Å²) in [6, 6.07) is 8.31. The number of likely N-dealkylation sites (N-methyl/N-ethyl adjacent to an activating group) is 2. The third kappa shape index (κ3) is 8.00. The van der Waals surface area contributed by atoms with Gasteiger partial charge in [-0.2, -0.15) is 0 Å². The van der Waals surface area contributed by atoms with Crippen LogP contribution in [0.1, 0.15) is 49.9 Å². The van der Waals surface area contributed by atoms with Gasteiger partial charge in [0.1, 0.15) is 12.1 Å². The molecule has 4 rings (SSSR count). The first kappa shape index (κ1) is 36.0. The van der Waals surface area contributed by atoms with Gasteiger partial charge in [-0.25, -0.2) is 9.59 Å². The molecular weight excluding hydrogens is 620 g/mol. The van der Waals surface area contributed by atoms with Crippen LogP contribution in [0.2, 0.25) is 0 Å². The molecule has 2 atom stereocenters. The average molecular weight is 665 g/mol. The van der Waals surface area contributed by atoms with Gasteiger partial charge in [-0.15, -0.1) is 10.1 Å². The zero-order valence-electron chi connectivity index (χ0n) is 28.3. The van der Waals surface area contributed by atoms with Crippen molar-refractivity contribution in [3.63, 3.8) is 0 Å². The second-order valence-electron chi connectivity index (χ2n) is 11.8. The Labute approximate surface area is 280 Å². The Morgan fingerprint density at radius 3 is 1.35 bits per heavy atom. The molecule has 0 saturated carbocycles. The van der Waals surface area contributed by atoms with Crippen LogP contribution in [0, 0.1) is 13.8 Å². The van der Waals surface area contributed by atoms with Crippen molar-refractivity contribution >= 4 is 46.9 Å². The number of fused-ring (bicyclic) bond motifs is 2. The van der Waals surface area contributed by atoms with Crippen molar-refractivity contribution in [2.45, 2.75) is 66.5 Å². The van der Waals surface area contributed by atoms with Crippen LogP contribution in [-0.2, 0) is 51.3 Å². The Hall–Kier alpha value is -4.82. The number of nitrogens with zero attached hydrogens (tertiary/aromatic N) is 4. The van der Waals surface area contributed by atoms with Gasteiger partial charge in [0.25, 0.3) is 11.8 Å². The maximum absolute atomic E-state index is 13.6. The zero-order valence-corrected chi connectivity index (χ0v) is 28.3. The molecule has 2 aliphatic heterocycles. The lowest BCUT2D eigenvalue weighted by Crippen LogP contribution is -2.56. The van der Waals surface area contributed by atoms with E-state index in [-0.39, 0.29) is 49.1 Å². The first-order valence-corrected chi connectivity index (χ1v) is 16.2. The number of aryl methyl sites for hydroxylation is 2. The first-order valence-electron chi connectivity index (χ1n) is 16.2. The first-order chi connectivity index (χ1) is 22.9. The third-order valence-electron chi connectivity index (χ3n) is 8.60. The van der Waals surface area contributed by atoms with Crippen LogP contribution in [-0.4, -0.2) is 96.7 Å². The van der Waals surface area contributed by atoms with E-state index in [1.165, 1.54) is 0 Å². The lowest BCUT2D eigenvalue weighted by Gasteiger charge is -2.35. The maximum atomic E-state index is 13.6. The standard InChI is InChI=1S/C34H44N6O8/c1-7-37(8-2)19-27(41)35-25-17-23-15-11-13-21(5)29(23)39(31(25)43)47-33(45)34(46)48-40-30-22(6)14-12-16-24(30)18-26(32(40)44)36-28(42)20-38(9-3)10-4/h11-16,25-26H,7-10,17-20H2,1-6H3,(H,35,41)(H,36,42). The molecule has 0 saturated heterocycles. The Morgan fingerprint density at radius 2 is 1.02 bits per heavy atom. The number of benzene rings is 2. The summed E-state index contributed by atoms with van der Waals surface area (Å²) in [5.41, 5.74) is 2.95. The Bertz CT molecular complexity index is 1460. The molecule has 0 bridgehead atoms. The van der Waals surface area contributed by atoms with Crippen molar-refractivity contribution in [3.8, 4) is 0 Å². The maximum Gasteiger partial charge on any atom is 0.444 e. The molecule has 14 heteroatoms. The van der Waals surface area contributed by atoms with E-state index in [4.69, 9.17) is 9.68 Å². The summed E-state index contributed by atoms with van der Waals surface area (Å²) in [4.78, 5) is 93.8. The summed E-state index contributed by atoms with van der Waals surface area (Å²) in [5, 5.41) is 6.84. The van der Waals surface area contributed by atoms with E-state index in [9.17, 15) is 28.8 Å². The fraction of sp³-hybridized carbons (Fsp3) is 0.471. The number of rotatable bonds is 12. The van der Waals surface area contributed by atoms with Gasteiger partial charge in [-0.1, -0.05) is 64.1 Å². The Morgan fingerprint density at radius 1 is 0.667 bits per heavy atom. The minimum atomic E-state index is -1.57. The topological polar surface area (TPSA) is 158 Å². The number of amides is 4. The van der Waals surface area contributed by atoms with Crippen molar-refractivity contribution in [1.29, 1.82) is 0 Å². The summed E-state index contributed by atoms with van der Waals surface area (Å²) in [6.07, 6.45) is 0.302. The van der Waals surface area contributed by atoms with Gasteiger partial charge in [0.05, 0.1) is 24.5 Å². The van der Waals surface area contributed by atoms with Crippen LogP contribution in [0.3, 0.4) is 0 Å². The fourth-order valence-corrected chi connectivity index (χ4v) is 5.90. The highest BCUT2D eigenvalue weighted by Gasteiger charge is 2.42. The van der Waals surface area contributed by atoms with E-state index in [0.717, 1.165) is 0 Å². The quantitative estimate of drug-likeness (QED) is 0.318. The van der Waals surface area contributed by atoms with Gasteiger partial charge in [-0.3, -0.25) is 29.0 Å². The molecule has 2 aromatic rings. The number of hydrogen-bond acceptors (Lipinski definition) is 10. The van der Waals surface area contributed by atoms with Crippen LogP contribution >= 0.6 is 0 Å². The second kappa shape index (κ2) is 15.8. The van der Waals surface area contributed by atoms with Gasteiger partial charge in [0.2, 0.25) is 11.8 Å². The molecule has 2 aromatic carbocycles. The van der Waals surface area contributed by atoms with E-state index < -0.39 is 35.8 Å². The predicted octanol–water partition coefficient (Wildman–Crippen LogP) is 1.35. The molecule has 0 fully saturated rings. The van der Waals surface area contributed by atoms with Crippen molar-refractivity contribution in [1.82, 2.24) is 20.4 Å². The largest absolute Gasteiger partial charge is 0.444 e. The van der Waals surface area contributed by atoms with Crippen LogP contribution in [0.5, 0.6) is 0 Å². The van der Waals surface area contributed by atoms with Gasteiger partial charge in [-0.05, 0) is 62.3 Å². The summed E-state index contributed by atoms with van der Waals surface area (Å²) < 4.78 is 0. The lowest BCUT2D eigenvalue weighted by atomic mass is 9.96.